The number of anilines is 1. The number of carbonyl (C=O) groups excluding carboxylic acids is 1. The summed E-state index contributed by atoms with van der Waals surface area (Å²) < 4.78 is 13.7. The van der Waals surface area contributed by atoms with Crippen LogP contribution in [0.15, 0.2) is 40.9 Å². The molecule has 0 saturated carbocycles. The number of amides is 1. The van der Waals surface area contributed by atoms with E-state index in [9.17, 15) is 14.3 Å². The van der Waals surface area contributed by atoms with E-state index in [-0.39, 0.29) is 11.3 Å². The molecule has 0 atom stereocenters. The molecule has 0 aliphatic carbocycles. The maximum atomic E-state index is 12.9. The normalized spacial score (nSPS) is 10.3. The standard InChI is InChI=1S/C14H11BrFNO2/c1-8-11(15)3-2-4-12(8)17-14(19)10-6-5-9(16)7-13(10)18/h2-7,18H,1H3,(H,17,19). The van der Waals surface area contributed by atoms with E-state index in [2.05, 4.69) is 21.2 Å². The van der Waals surface area contributed by atoms with Crippen molar-refractivity contribution in [2.24, 2.45) is 0 Å². The van der Waals surface area contributed by atoms with Crippen molar-refractivity contribution in [2.45, 2.75) is 6.92 Å². The van der Waals surface area contributed by atoms with Crippen molar-refractivity contribution in [3.63, 3.8) is 0 Å². The maximum absolute atomic E-state index is 12.9. The van der Waals surface area contributed by atoms with Crippen LogP contribution in [-0.2, 0) is 0 Å². The maximum Gasteiger partial charge on any atom is 0.259 e. The molecule has 3 nitrogen and oxygen atoms in total. The van der Waals surface area contributed by atoms with Crippen molar-refractivity contribution in [3.8, 4) is 5.75 Å². The summed E-state index contributed by atoms with van der Waals surface area (Å²) in [5.41, 5.74) is 1.53. The number of phenolic OH excluding ortho intramolecular Hbond substituents is 1. The van der Waals surface area contributed by atoms with Gasteiger partial charge in [-0.15, -0.1) is 0 Å². The first-order valence-electron chi connectivity index (χ1n) is 5.54. The minimum Gasteiger partial charge on any atom is -0.507 e. The van der Waals surface area contributed by atoms with E-state index in [0.29, 0.717) is 5.69 Å². The van der Waals surface area contributed by atoms with E-state index in [1.807, 2.05) is 13.0 Å². The largest absolute Gasteiger partial charge is 0.507 e. The summed E-state index contributed by atoms with van der Waals surface area (Å²) in [6.45, 7) is 1.85. The quantitative estimate of drug-likeness (QED) is 0.881. The summed E-state index contributed by atoms with van der Waals surface area (Å²) in [5.74, 6) is -1.46. The molecule has 0 aromatic heterocycles. The smallest absolute Gasteiger partial charge is 0.259 e. The molecule has 98 valence electrons. The highest BCUT2D eigenvalue weighted by atomic mass is 79.9. The van der Waals surface area contributed by atoms with Crippen LogP contribution in [0.5, 0.6) is 5.75 Å². The van der Waals surface area contributed by atoms with Gasteiger partial charge in [-0.2, -0.15) is 0 Å². The summed E-state index contributed by atoms with van der Waals surface area (Å²) in [7, 11) is 0. The number of benzene rings is 2. The number of carbonyl (C=O) groups is 1. The number of rotatable bonds is 2. The van der Waals surface area contributed by atoms with Crippen LogP contribution in [0, 0.1) is 12.7 Å². The molecule has 0 bridgehead atoms. The molecule has 19 heavy (non-hydrogen) atoms. The Morgan fingerprint density at radius 2 is 2.05 bits per heavy atom. The third-order valence-electron chi connectivity index (χ3n) is 2.72. The van der Waals surface area contributed by atoms with Gasteiger partial charge in [-0.05, 0) is 36.8 Å². The molecule has 2 N–H and O–H groups in total. The zero-order valence-corrected chi connectivity index (χ0v) is 11.7. The summed E-state index contributed by atoms with van der Waals surface area (Å²) >= 11 is 3.37. The summed E-state index contributed by atoms with van der Waals surface area (Å²) in [6, 6.07) is 8.68. The van der Waals surface area contributed by atoms with Gasteiger partial charge in [0.2, 0.25) is 0 Å². The Bertz CT molecular complexity index is 643. The molecule has 2 rings (SSSR count). The lowest BCUT2D eigenvalue weighted by Crippen LogP contribution is -2.13. The number of halogens is 2. The average Bonchev–Trinajstić information content (AvgIpc) is 2.34. The molecule has 0 aliphatic heterocycles. The van der Waals surface area contributed by atoms with Crippen LogP contribution >= 0.6 is 15.9 Å². The Labute approximate surface area is 118 Å². The van der Waals surface area contributed by atoms with Gasteiger partial charge in [0.05, 0.1) is 5.56 Å². The Hall–Kier alpha value is -1.88. The number of hydrogen-bond donors (Lipinski definition) is 2. The average molecular weight is 324 g/mol. The lowest BCUT2D eigenvalue weighted by molar-refractivity contribution is 0.102. The Morgan fingerprint density at radius 1 is 1.32 bits per heavy atom. The molecule has 5 heteroatoms. The highest BCUT2D eigenvalue weighted by Crippen LogP contribution is 2.25. The first-order chi connectivity index (χ1) is 8.99. The van der Waals surface area contributed by atoms with E-state index in [1.165, 1.54) is 6.07 Å². The van der Waals surface area contributed by atoms with Crippen molar-refractivity contribution >= 4 is 27.5 Å². The molecule has 0 fully saturated rings. The van der Waals surface area contributed by atoms with Crippen LogP contribution in [0.1, 0.15) is 15.9 Å². The van der Waals surface area contributed by atoms with Crippen LogP contribution in [-0.4, -0.2) is 11.0 Å². The minimum absolute atomic E-state index is 0.0285. The van der Waals surface area contributed by atoms with Gasteiger partial charge in [0.1, 0.15) is 11.6 Å². The van der Waals surface area contributed by atoms with Crippen molar-refractivity contribution in [3.05, 3.63) is 57.8 Å². The predicted molar refractivity (Wildman–Crippen MR) is 74.9 cm³/mol. The fourth-order valence-corrected chi connectivity index (χ4v) is 2.00. The van der Waals surface area contributed by atoms with Gasteiger partial charge in [-0.1, -0.05) is 22.0 Å². The van der Waals surface area contributed by atoms with E-state index in [0.717, 1.165) is 22.2 Å². The Balaban J connectivity index is 2.28. The highest BCUT2D eigenvalue weighted by molar-refractivity contribution is 9.10. The van der Waals surface area contributed by atoms with E-state index in [4.69, 9.17) is 0 Å². The van der Waals surface area contributed by atoms with Gasteiger partial charge >= 0.3 is 0 Å². The van der Waals surface area contributed by atoms with E-state index in [1.54, 1.807) is 12.1 Å². The molecule has 0 heterocycles. The Morgan fingerprint density at radius 3 is 2.74 bits per heavy atom. The van der Waals surface area contributed by atoms with Crippen molar-refractivity contribution in [1.29, 1.82) is 0 Å². The fraction of sp³-hybridized carbons (Fsp3) is 0.0714. The van der Waals surface area contributed by atoms with E-state index >= 15 is 0 Å². The summed E-state index contributed by atoms with van der Waals surface area (Å²) in [4.78, 5) is 12.0. The van der Waals surface area contributed by atoms with Crippen LogP contribution in [0.25, 0.3) is 0 Å². The molecule has 2 aromatic carbocycles. The molecule has 0 saturated heterocycles. The molecular weight excluding hydrogens is 313 g/mol. The number of hydrogen-bond acceptors (Lipinski definition) is 2. The monoisotopic (exact) mass is 323 g/mol. The highest BCUT2D eigenvalue weighted by Gasteiger charge is 2.13. The second-order valence-electron chi connectivity index (χ2n) is 4.03. The van der Waals surface area contributed by atoms with Crippen LogP contribution in [0.4, 0.5) is 10.1 Å². The van der Waals surface area contributed by atoms with Gasteiger partial charge in [-0.3, -0.25) is 4.79 Å². The van der Waals surface area contributed by atoms with Crippen LogP contribution < -0.4 is 5.32 Å². The third-order valence-corrected chi connectivity index (χ3v) is 3.58. The molecule has 2 aromatic rings. The Kier molecular flexibility index (Phi) is 3.85. The van der Waals surface area contributed by atoms with Crippen molar-refractivity contribution in [1.82, 2.24) is 0 Å². The van der Waals surface area contributed by atoms with Gasteiger partial charge < -0.3 is 10.4 Å². The number of nitrogens with one attached hydrogen (secondary N) is 1. The topological polar surface area (TPSA) is 49.3 Å². The zero-order valence-electron chi connectivity index (χ0n) is 10.1. The lowest BCUT2D eigenvalue weighted by atomic mass is 10.1. The molecular formula is C14H11BrFNO2. The van der Waals surface area contributed by atoms with Crippen molar-refractivity contribution in [2.75, 3.05) is 5.32 Å². The zero-order chi connectivity index (χ0) is 14.0. The second-order valence-corrected chi connectivity index (χ2v) is 4.88. The molecule has 0 aliphatic rings. The summed E-state index contributed by atoms with van der Waals surface area (Å²) in [5, 5.41) is 12.2. The van der Waals surface area contributed by atoms with Gasteiger partial charge in [0, 0.05) is 16.2 Å². The number of aromatic hydroxyl groups is 1. The SMILES string of the molecule is Cc1c(Br)cccc1NC(=O)c1ccc(F)cc1O. The number of phenols is 1. The predicted octanol–water partition coefficient (Wildman–Crippen LogP) is 3.85. The molecule has 0 spiro atoms. The second kappa shape index (κ2) is 5.40. The van der Waals surface area contributed by atoms with Crippen LogP contribution in [0.3, 0.4) is 0 Å². The van der Waals surface area contributed by atoms with Crippen LogP contribution in [0.2, 0.25) is 0 Å². The van der Waals surface area contributed by atoms with Gasteiger partial charge in [0.15, 0.2) is 0 Å². The first-order valence-corrected chi connectivity index (χ1v) is 6.33. The minimum atomic E-state index is -0.590. The van der Waals surface area contributed by atoms with Gasteiger partial charge in [-0.25, -0.2) is 4.39 Å². The fourth-order valence-electron chi connectivity index (χ4n) is 1.63. The summed E-state index contributed by atoms with van der Waals surface area (Å²) in [6.07, 6.45) is 0. The van der Waals surface area contributed by atoms with E-state index < -0.39 is 11.7 Å². The first kappa shape index (κ1) is 13.5. The molecule has 1 amide bonds. The van der Waals surface area contributed by atoms with Crippen molar-refractivity contribution < 1.29 is 14.3 Å². The molecule has 0 unspecified atom stereocenters. The van der Waals surface area contributed by atoms with Gasteiger partial charge in [0.25, 0.3) is 5.91 Å². The third kappa shape index (κ3) is 2.93. The lowest BCUT2D eigenvalue weighted by Gasteiger charge is -2.10. The molecule has 0 radical (unpaired) electrons.